The van der Waals surface area contributed by atoms with Crippen LogP contribution >= 0.6 is 15.9 Å². The Labute approximate surface area is 153 Å². The van der Waals surface area contributed by atoms with Gasteiger partial charge >= 0.3 is 0 Å². The smallest absolute Gasteiger partial charge is 0.286 e. The summed E-state index contributed by atoms with van der Waals surface area (Å²) in [5.74, 6) is -1.23. The number of para-hydroxylation sites is 1. The summed E-state index contributed by atoms with van der Waals surface area (Å²) in [6, 6.07) is 8.35. The third-order valence-electron chi connectivity index (χ3n) is 3.28. The number of amides is 2. The molecule has 8 nitrogen and oxygen atoms in total. The maximum absolute atomic E-state index is 12.1. The highest BCUT2D eigenvalue weighted by Crippen LogP contribution is 2.21. The number of aromatic amines is 1. The van der Waals surface area contributed by atoms with Crippen LogP contribution in [0.25, 0.3) is 0 Å². The third-order valence-corrected chi connectivity index (χ3v) is 4.86. The summed E-state index contributed by atoms with van der Waals surface area (Å²) in [4.78, 5) is 26.6. The number of carbonyl (C=O) groups excluding carboxylic acids is 2. The van der Waals surface area contributed by atoms with Crippen molar-refractivity contribution in [1.82, 2.24) is 15.8 Å². The minimum absolute atomic E-state index is 0.242. The summed E-state index contributed by atoms with van der Waals surface area (Å²) in [7, 11) is -3.68. The van der Waals surface area contributed by atoms with E-state index in [0.717, 1.165) is 10.6 Å². The monoisotopic (exact) mass is 428 g/mol. The molecule has 25 heavy (non-hydrogen) atoms. The van der Waals surface area contributed by atoms with Crippen LogP contribution in [-0.4, -0.2) is 38.0 Å². The van der Waals surface area contributed by atoms with E-state index in [1.807, 2.05) is 0 Å². The Hall–Kier alpha value is -2.33. The second-order valence-corrected chi connectivity index (χ2v) is 8.11. The molecule has 0 aliphatic heterocycles. The fourth-order valence-electron chi connectivity index (χ4n) is 2.09. The minimum atomic E-state index is -3.68. The number of rotatable bonds is 5. The highest BCUT2D eigenvalue weighted by atomic mass is 79.9. The molecule has 1 aromatic carbocycles. The Morgan fingerprint density at radius 1 is 1.24 bits per heavy atom. The predicted octanol–water partition coefficient (Wildman–Crippen LogP) is 1.31. The van der Waals surface area contributed by atoms with Crippen molar-refractivity contribution in [1.29, 1.82) is 0 Å². The van der Waals surface area contributed by atoms with Gasteiger partial charge in [0.25, 0.3) is 11.8 Å². The highest BCUT2D eigenvalue weighted by molar-refractivity contribution is 9.10. The Morgan fingerprint density at radius 3 is 2.48 bits per heavy atom. The molecule has 0 saturated carbocycles. The van der Waals surface area contributed by atoms with Gasteiger partial charge in [0.15, 0.2) is 0 Å². The number of halogens is 1. The second kappa shape index (κ2) is 7.70. The van der Waals surface area contributed by atoms with Crippen molar-refractivity contribution >= 4 is 43.5 Å². The van der Waals surface area contributed by atoms with Crippen molar-refractivity contribution in [2.24, 2.45) is 0 Å². The molecule has 0 unspecified atom stereocenters. The van der Waals surface area contributed by atoms with Crippen LogP contribution in [0.1, 0.15) is 16.1 Å². The first kappa shape index (κ1) is 19.0. The highest BCUT2D eigenvalue weighted by Gasteiger charge is 2.22. The standard InChI is InChI=1S/C15H17BrN4O4S/c1-10-5-3-4-6-13(10)20(25(2,23)24)9-14(21)18-19-15(22)12-7-11(16)8-17-12/h3-8,17H,9H2,1-2H3,(H,18,21)(H,19,22). The Bertz CT molecular complexity index is 894. The normalized spacial score (nSPS) is 11.0. The summed E-state index contributed by atoms with van der Waals surface area (Å²) >= 11 is 3.20. The van der Waals surface area contributed by atoms with Gasteiger partial charge in [-0.2, -0.15) is 0 Å². The fraction of sp³-hybridized carbons (Fsp3) is 0.200. The summed E-state index contributed by atoms with van der Waals surface area (Å²) in [6.07, 6.45) is 2.59. The zero-order valence-electron chi connectivity index (χ0n) is 13.5. The summed E-state index contributed by atoms with van der Waals surface area (Å²) in [5.41, 5.74) is 5.78. The van der Waals surface area contributed by atoms with Crippen LogP contribution in [-0.2, 0) is 14.8 Å². The molecule has 0 fully saturated rings. The molecule has 3 N–H and O–H groups in total. The lowest BCUT2D eigenvalue weighted by Crippen LogP contribution is -2.47. The van der Waals surface area contributed by atoms with Gasteiger partial charge in [0.1, 0.15) is 12.2 Å². The van der Waals surface area contributed by atoms with Gasteiger partial charge in [-0.3, -0.25) is 24.7 Å². The van der Waals surface area contributed by atoms with E-state index in [1.54, 1.807) is 37.4 Å². The SMILES string of the molecule is Cc1ccccc1N(CC(=O)NNC(=O)c1cc(Br)c[nH]1)S(C)(=O)=O. The first-order valence-electron chi connectivity index (χ1n) is 7.15. The molecular weight excluding hydrogens is 412 g/mol. The summed E-state index contributed by atoms with van der Waals surface area (Å²) in [5, 5.41) is 0. The second-order valence-electron chi connectivity index (χ2n) is 5.29. The lowest BCUT2D eigenvalue weighted by Gasteiger charge is -2.23. The van der Waals surface area contributed by atoms with Crippen molar-refractivity contribution in [3.05, 3.63) is 52.3 Å². The average molecular weight is 429 g/mol. The van der Waals surface area contributed by atoms with Crippen molar-refractivity contribution in [3.63, 3.8) is 0 Å². The van der Waals surface area contributed by atoms with Crippen LogP contribution in [0.4, 0.5) is 5.69 Å². The number of sulfonamides is 1. The van der Waals surface area contributed by atoms with E-state index in [1.165, 1.54) is 6.07 Å². The van der Waals surface area contributed by atoms with E-state index in [2.05, 4.69) is 31.8 Å². The lowest BCUT2D eigenvalue weighted by atomic mass is 10.2. The molecule has 2 amide bonds. The van der Waals surface area contributed by atoms with Crippen molar-refractivity contribution in [2.75, 3.05) is 17.1 Å². The van der Waals surface area contributed by atoms with Gasteiger partial charge in [-0.25, -0.2) is 8.42 Å². The topological polar surface area (TPSA) is 111 Å². The predicted molar refractivity (Wildman–Crippen MR) is 97.5 cm³/mol. The fourth-order valence-corrected chi connectivity index (χ4v) is 3.34. The molecular formula is C15H17BrN4O4S. The van der Waals surface area contributed by atoms with Gasteiger partial charge in [0, 0.05) is 10.7 Å². The molecule has 2 rings (SSSR count). The maximum Gasteiger partial charge on any atom is 0.286 e. The molecule has 0 radical (unpaired) electrons. The minimum Gasteiger partial charge on any atom is -0.356 e. The van der Waals surface area contributed by atoms with Gasteiger partial charge in [0.2, 0.25) is 10.0 Å². The molecule has 0 saturated heterocycles. The molecule has 0 atom stereocenters. The van der Waals surface area contributed by atoms with Gasteiger partial charge in [-0.05, 0) is 40.5 Å². The van der Waals surface area contributed by atoms with Gasteiger partial charge in [-0.15, -0.1) is 0 Å². The van der Waals surface area contributed by atoms with E-state index in [-0.39, 0.29) is 5.69 Å². The molecule has 10 heteroatoms. The number of carbonyl (C=O) groups is 2. The number of aromatic nitrogens is 1. The van der Waals surface area contributed by atoms with Crippen LogP contribution in [0.15, 0.2) is 41.0 Å². The zero-order chi connectivity index (χ0) is 18.6. The lowest BCUT2D eigenvalue weighted by molar-refractivity contribution is -0.120. The summed E-state index contributed by atoms with van der Waals surface area (Å²) in [6.45, 7) is 1.29. The number of hydrogen-bond acceptors (Lipinski definition) is 4. The molecule has 0 spiro atoms. The number of nitrogens with one attached hydrogen (secondary N) is 3. The van der Waals surface area contributed by atoms with E-state index in [0.29, 0.717) is 15.7 Å². The quantitative estimate of drug-likeness (QED) is 0.623. The average Bonchev–Trinajstić information content (AvgIpc) is 2.97. The van der Waals surface area contributed by atoms with Crippen molar-refractivity contribution in [2.45, 2.75) is 6.92 Å². The first-order valence-corrected chi connectivity index (χ1v) is 9.79. The number of benzene rings is 1. The number of hydrogen-bond donors (Lipinski definition) is 3. The molecule has 1 heterocycles. The number of anilines is 1. The van der Waals surface area contributed by atoms with Crippen molar-refractivity contribution in [3.8, 4) is 0 Å². The number of nitrogens with zero attached hydrogens (tertiary/aromatic N) is 1. The van der Waals surface area contributed by atoms with Crippen LogP contribution in [0.3, 0.4) is 0 Å². The van der Waals surface area contributed by atoms with E-state index < -0.39 is 28.4 Å². The number of H-pyrrole nitrogens is 1. The Morgan fingerprint density at radius 2 is 1.92 bits per heavy atom. The molecule has 0 aliphatic rings. The third kappa shape index (κ3) is 5.07. The van der Waals surface area contributed by atoms with E-state index in [4.69, 9.17) is 0 Å². The van der Waals surface area contributed by atoms with Gasteiger partial charge in [0.05, 0.1) is 11.9 Å². The van der Waals surface area contributed by atoms with E-state index >= 15 is 0 Å². The van der Waals surface area contributed by atoms with Crippen LogP contribution in [0, 0.1) is 6.92 Å². The van der Waals surface area contributed by atoms with Crippen LogP contribution in [0.2, 0.25) is 0 Å². The molecule has 134 valence electrons. The molecule has 0 bridgehead atoms. The van der Waals surface area contributed by atoms with Gasteiger partial charge < -0.3 is 4.98 Å². The first-order chi connectivity index (χ1) is 11.7. The van der Waals surface area contributed by atoms with Crippen molar-refractivity contribution < 1.29 is 18.0 Å². The van der Waals surface area contributed by atoms with Gasteiger partial charge in [-0.1, -0.05) is 18.2 Å². The molecule has 0 aliphatic carbocycles. The largest absolute Gasteiger partial charge is 0.356 e. The maximum atomic E-state index is 12.1. The Balaban J connectivity index is 2.05. The van der Waals surface area contributed by atoms with Crippen LogP contribution in [0.5, 0.6) is 0 Å². The Kier molecular flexibility index (Phi) is 5.85. The molecule has 1 aromatic heterocycles. The zero-order valence-corrected chi connectivity index (χ0v) is 15.9. The number of hydrazine groups is 1. The number of aryl methyl sites for hydroxylation is 1. The summed E-state index contributed by atoms with van der Waals surface area (Å²) < 4.78 is 25.7. The van der Waals surface area contributed by atoms with Crippen LogP contribution < -0.4 is 15.2 Å². The van der Waals surface area contributed by atoms with E-state index in [9.17, 15) is 18.0 Å². The molecule has 2 aromatic rings.